The van der Waals surface area contributed by atoms with Gasteiger partial charge in [0, 0.05) is 12.6 Å². The smallest absolute Gasteiger partial charge is 0.254 e. The van der Waals surface area contributed by atoms with Crippen LogP contribution in [0.1, 0.15) is 47.4 Å². The number of hydrogen-bond donors (Lipinski definition) is 2. The van der Waals surface area contributed by atoms with Crippen molar-refractivity contribution in [2.45, 2.75) is 25.9 Å². The predicted octanol–water partition coefficient (Wildman–Crippen LogP) is 3.55. The molecule has 2 rings (SSSR count). The molecule has 0 aromatic heterocycles. The molecule has 1 atom stereocenters. The Hall–Kier alpha value is -2.27. The highest BCUT2D eigenvalue weighted by atomic mass is 19.1. The summed E-state index contributed by atoms with van der Waals surface area (Å²) in [6.07, 6.45) is -0.899. The lowest BCUT2D eigenvalue weighted by Gasteiger charge is -2.14. The number of carbonyl (C=O) groups is 1. The Morgan fingerprint density at radius 2 is 1.70 bits per heavy atom. The first kappa shape index (κ1) is 17.1. The van der Waals surface area contributed by atoms with Gasteiger partial charge in [0.05, 0.1) is 11.7 Å². The zero-order valence-electron chi connectivity index (χ0n) is 13.0. The summed E-state index contributed by atoms with van der Waals surface area (Å²) in [6, 6.07) is 10.2. The maximum Gasteiger partial charge on any atom is 0.254 e. The molecule has 0 saturated heterocycles. The summed E-state index contributed by atoms with van der Waals surface area (Å²) >= 11 is 0. The van der Waals surface area contributed by atoms with Crippen LogP contribution in [0.2, 0.25) is 0 Å². The highest BCUT2D eigenvalue weighted by molar-refractivity contribution is 5.94. The monoisotopic (exact) mass is 319 g/mol. The average Bonchev–Trinajstić information content (AvgIpc) is 2.52. The third-order valence-corrected chi connectivity index (χ3v) is 3.62. The molecule has 0 aliphatic carbocycles. The lowest BCUT2D eigenvalue weighted by atomic mass is 10.00. The molecular weight excluding hydrogens is 300 g/mol. The number of amides is 1. The first-order chi connectivity index (χ1) is 10.9. The van der Waals surface area contributed by atoms with Crippen LogP contribution in [0, 0.1) is 11.6 Å². The second kappa shape index (κ2) is 7.33. The molecule has 3 nitrogen and oxygen atoms in total. The summed E-state index contributed by atoms with van der Waals surface area (Å²) in [7, 11) is 0. The first-order valence-corrected chi connectivity index (χ1v) is 7.39. The largest absolute Gasteiger partial charge is 0.387 e. The minimum absolute atomic E-state index is 0.0589. The minimum Gasteiger partial charge on any atom is -0.387 e. The van der Waals surface area contributed by atoms with Crippen LogP contribution in [-0.2, 0) is 0 Å². The maximum absolute atomic E-state index is 13.5. The first-order valence-electron chi connectivity index (χ1n) is 7.39. The molecule has 5 heteroatoms. The fourth-order valence-electron chi connectivity index (χ4n) is 2.18. The Bertz CT molecular complexity index is 684. The summed E-state index contributed by atoms with van der Waals surface area (Å²) in [6.45, 7) is 4.09. The van der Waals surface area contributed by atoms with Gasteiger partial charge in [-0.25, -0.2) is 8.78 Å². The fourth-order valence-corrected chi connectivity index (χ4v) is 2.18. The van der Waals surface area contributed by atoms with Crippen molar-refractivity contribution in [3.63, 3.8) is 0 Å². The Labute approximate surface area is 134 Å². The third kappa shape index (κ3) is 4.36. The van der Waals surface area contributed by atoms with Crippen molar-refractivity contribution in [3.8, 4) is 0 Å². The van der Waals surface area contributed by atoms with E-state index in [1.54, 1.807) is 12.1 Å². The number of rotatable bonds is 5. The van der Waals surface area contributed by atoms with Crippen molar-refractivity contribution >= 4 is 5.91 Å². The SMILES string of the molecule is CC(C)c1ccc(C(O)CNC(=O)c2ccc(F)cc2F)cc1. The van der Waals surface area contributed by atoms with Crippen molar-refractivity contribution in [2.75, 3.05) is 6.54 Å². The van der Waals surface area contributed by atoms with Crippen molar-refractivity contribution in [2.24, 2.45) is 0 Å². The van der Waals surface area contributed by atoms with E-state index in [2.05, 4.69) is 19.2 Å². The molecule has 0 aliphatic rings. The number of aliphatic hydroxyl groups is 1. The van der Waals surface area contributed by atoms with E-state index in [1.807, 2.05) is 12.1 Å². The Morgan fingerprint density at radius 1 is 1.09 bits per heavy atom. The molecule has 1 amide bonds. The molecule has 2 aromatic carbocycles. The van der Waals surface area contributed by atoms with E-state index in [0.29, 0.717) is 17.5 Å². The third-order valence-electron chi connectivity index (χ3n) is 3.62. The molecule has 23 heavy (non-hydrogen) atoms. The number of nitrogens with one attached hydrogen (secondary N) is 1. The van der Waals surface area contributed by atoms with Gasteiger partial charge >= 0.3 is 0 Å². The molecule has 0 spiro atoms. The van der Waals surface area contributed by atoms with Gasteiger partial charge in [-0.1, -0.05) is 38.1 Å². The molecular formula is C18H19F2NO2. The van der Waals surface area contributed by atoms with Crippen LogP contribution in [0.4, 0.5) is 8.78 Å². The average molecular weight is 319 g/mol. The van der Waals surface area contributed by atoms with E-state index in [9.17, 15) is 18.7 Å². The Kier molecular flexibility index (Phi) is 5.45. The normalized spacial score (nSPS) is 12.3. The molecule has 2 aromatic rings. The van der Waals surface area contributed by atoms with Gasteiger partial charge in [0.1, 0.15) is 11.6 Å². The second-order valence-electron chi connectivity index (χ2n) is 5.67. The Morgan fingerprint density at radius 3 is 2.26 bits per heavy atom. The van der Waals surface area contributed by atoms with Gasteiger partial charge in [0.2, 0.25) is 0 Å². The van der Waals surface area contributed by atoms with Crippen molar-refractivity contribution < 1.29 is 18.7 Å². The highest BCUT2D eigenvalue weighted by Crippen LogP contribution is 2.18. The molecule has 0 radical (unpaired) electrons. The van der Waals surface area contributed by atoms with Gasteiger partial charge in [-0.05, 0) is 29.2 Å². The van der Waals surface area contributed by atoms with Crippen molar-refractivity contribution in [1.29, 1.82) is 0 Å². The van der Waals surface area contributed by atoms with Crippen LogP contribution in [0.3, 0.4) is 0 Å². The zero-order chi connectivity index (χ0) is 17.0. The topological polar surface area (TPSA) is 49.3 Å². The van der Waals surface area contributed by atoms with Crippen LogP contribution in [-0.4, -0.2) is 17.6 Å². The summed E-state index contributed by atoms with van der Waals surface area (Å²) in [5.74, 6) is -1.98. The van der Waals surface area contributed by atoms with Crippen LogP contribution in [0.15, 0.2) is 42.5 Å². The van der Waals surface area contributed by atoms with Crippen molar-refractivity contribution in [3.05, 3.63) is 70.8 Å². The number of hydrogen-bond acceptors (Lipinski definition) is 2. The van der Waals surface area contributed by atoms with Crippen LogP contribution < -0.4 is 5.32 Å². The number of aliphatic hydroxyl groups excluding tert-OH is 1. The van der Waals surface area contributed by atoms with E-state index in [1.165, 1.54) is 0 Å². The number of benzene rings is 2. The van der Waals surface area contributed by atoms with E-state index in [4.69, 9.17) is 0 Å². The quantitative estimate of drug-likeness (QED) is 0.885. The van der Waals surface area contributed by atoms with Gasteiger partial charge in [-0.3, -0.25) is 4.79 Å². The van der Waals surface area contributed by atoms with Gasteiger partial charge in [-0.2, -0.15) is 0 Å². The van der Waals surface area contributed by atoms with Crippen LogP contribution >= 0.6 is 0 Å². The molecule has 0 bridgehead atoms. The molecule has 1 unspecified atom stereocenters. The molecule has 0 heterocycles. The summed E-state index contributed by atoms with van der Waals surface area (Å²) < 4.78 is 26.3. The van der Waals surface area contributed by atoms with E-state index >= 15 is 0 Å². The molecule has 0 fully saturated rings. The van der Waals surface area contributed by atoms with Gasteiger partial charge in [0.15, 0.2) is 0 Å². The summed E-state index contributed by atoms with van der Waals surface area (Å²) in [4.78, 5) is 11.9. The lowest BCUT2D eigenvalue weighted by molar-refractivity contribution is 0.0912. The molecule has 2 N–H and O–H groups in total. The van der Waals surface area contributed by atoms with Gasteiger partial charge in [-0.15, -0.1) is 0 Å². The predicted molar refractivity (Wildman–Crippen MR) is 84.2 cm³/mol. The van der Waals surface area contributed by atoms with E-state index < -0.39 is 23.6 Å². The maximum atomic E-state index is 13.5. The van der Waals surface area contributed by atoms with Crippen LogP contribution in [0.5, 0.6) is 0 Å². The summed E-state index contributed by atoms with van der Waals surface area (Å²) in [5, 5.41) is 12.5. The van der Waals surface area contributed by atoms with Crippen LogP contribution in [0.25, 0.3) is 0 Å². The Balaban J connectivity index is 1.98. The zero-order valence-corrected chi connectivity index (χ0v) is 13.0. The summed E-state index contributed by atoms with van der Waals surface area (Å²) in [5.41, 5.74) is 1.56. The van der Waals surface area contributed by atoms with Gasteiger partial charge < -0.3 is 10.4 Å². The fraction of sp³-hybridized carbons (Fsp3) is 0.278. The van der Waals surface area contributed by atoms with Crippen molar-refractivity contribution in [1.82, 2.24) is 5.32 Å². The number of carbonyl (C=O) groups excluding carboxylic acids is 1. The second-order valence-corrected chi connectivity index (χ2v) is 5.67. The van der Waals surface area contributed by atoms with E-state index in [-0.39, 0.29) is 12.1 Å². The highest BCUT2D eigenvalue weighted by Gasteiger charge is 2.15. The standard InChI is InChI=1S/C18H19F2NO2/c1-11(2)12-3-5-13(6-4-12)17(22)10-21-18(23)15-8-7-14(19)9-16(15)20/h3-9,11,17,22H,10H2,1-2H3,(H,21,23). The molecule has 122 valence electrons. The molecule has 0 saturated carbocycles. The van der Waals surface area contributed by atoms with Gasteiger partial charge in [0.25, 0.3) is 5.91 Å². The molecule has 0 aliphatic heterocycles. The minimum atomic E-state index is -0.932. The number of halogens is 2. The van der Waals surface area contributed by atoms with E-state index in [0.717, 1.165) is 17.7 Å². The lowest BCUT2D eigenvalue weighted by Crippen LogP contribution is -2.29.